The third kappa shape index (κ3) is 8.96. The summed E-state index contributed by atoms with van der Waals surface area (Å²) in [5.74, 6) is -0.858. The molecule has 1 unspecified atom stereocenters. The number of hydrogen-bond donors (Lipinski definition) is 5. The molecule has 0 aromatic heterocycles. The van der Waals surface area contributed by atoms with Gasteiger partial charge in [0.05, 0.1) is 6.61 Å². The number of hydrogen-bond acceptors (Lipinski definition) is 6. The van der Waals surface area contributed by atoms with E-state index in [2.05, 4.69) is 17.9 Å². The molecule has 2 amide bonds. The molecule has 0 radical (unpaired) electrons. The molecular formula is C23H32FN3O4S. The zero-order chi connectivity index (χ0) is 24.3. The molecule has 0 bridgehead atoms. The summed E-state index contributed by atoms with van der Waals surface area (Å²) in [4.78, 5) is 27.5. The highest BCUT2D eigenvalue weighted by Crippen LogP contribution is 2.22. The third-order valence-electron chi connectivity index (χ3n) is 4.45. The maximum Gasteiger partial charge on any atom is 0.254 e. The van der Waals surface area contributed by atoms with Crippen LogP contribution in [0.2, 0.25) is 0 Å². The lowest BCUT2D eigenvalue weighted by molar-refractivity contribution is -0.119. The van der Waals surface area contributed by atoms with E-state index in [4.69, 9.17) is 15.9 Å². The summed E-state index contributed by atoms with van der Waals surface area (Å²) in [6.07, 6.45) is 1.38. The predicted molar refractivity (Wildman–Crippen MR) is 126 cm³/mol. The second-order valence-corrected chi connectivity index (χ2v) is 8.36. The SMILES string of the molecule is CC(C)(N)CO.CO.O=C(Nc1ccc(S)cc1)C1CCCN1C(=O)c1ccc(F)cc1. The second kappa shape index (κ2) is 13.2. The van der Waals surface area contributed by atoms with Gasteiger partial charge in [0, 0.05) is 35.3 Å². The molecule has 2 aromatic rings. The highest BCUT2D eigenvalue weighted by Gasteiger charge is 2.34. The normalized spacial score (nSPS) is 15.1. The van der Waals surface area contributed by atoms with Gasteiger partial charge < -0.3 is 26.2 Å². The van der Waals surface area contributed by atoms with E-state index in [1.54, 1.807) is 43.0 Å². The number of benzene rings is 2. The smallest absolute Gasteiger partial charge is 0.254 e. The second-order valence-electron chi connectivity index (χ2n) is 7.85. The fourth-order valence-corrected chi connectivity index (χ4v) is 2.96. The van der Waals surface area contributed by atoms with Crippen LogP contribution in [-0.2, 0) is 4.79 Å². The van der Waals surface area contributed by atoms with E-state index in [0.717, 1.165) is 18.4 Å². The Morgan fingerprint density at radius 1 is 1.16 bits per heavy atom. The molecular weight excluding hydrogens is 433 g/mol. The topological polar surface area (TPSA) is 116 Å². The average molecular weight is 466 g/mol. The molecule has 3 rings (SSSR count). The number of nitrogens with two attached hydrogens (primary N) is 1. The summed E-state index contributed by atoms with van der Waals surface area (Å²) < 4.78 is 13.0. The van der Waals surface area contributed by atoms with Crippen LogP contribution in [0.1, 0.15) is 37.0 Å². The fraction of sp³-hybridized carbons (Fsp3) is 0.391. The molecule has 0 saturated carbocycles. The van der Waals surface area contributed by atoms with Crippen molar-refractivity contribution in [3.63, 3.8) is 0 Å². The van der Waals surface area contributed by atoms with Gasteiger partial charge in [-0.25, -0.2) is 4.39 Å². The van der Waals surface area contributed by atoms with Crippen molar-refractivity contribution in [2.75, 3.05) is 25.6 Å². The minimum atomic E-state index is -0.516. The molecule has 2 aromatic carbocycles. The number of aliphatic hydroxyl groups excluding tert-OH is 2. The van der Waals surface area contributed by atoms with Gasteiger partial charge in [-0.2, -0.15) is 0 Å². The van der Waals surface area contributed by atoms with E-state index < -0.39 is 17.4 Å². The summed E-state index contributed by atoms with van der Waals surface area (Å²) >= 11 is 4.21. The Morgan fingerprint density at radius 2 is 1.69 bits per heavy atom. The van der Waals surface area contributed by atoms with Crippen LogP contribution in [-0.4, -0.2) is 58.8 Å². The van der Waals surface area contributed by atoms with Crippen molar-refractivity contribution in [1.82, 2.24) is 4.90 Å². The molecule has 7 nitrogen and oxygen atoms in total. The van der Waals surface area contributed by atoms with E-state index in [0.29, 0.717) is 24.2 Å². The van der Waals surface area contributed by atoms with Gasteiger partial charge in [-0.1, -0.05) is 0 Å². The van der Waals surface area contributed by atoms with Crippen LogP contribution in [0.5, 0.6) is 0 Å². The first-order valence-corrected chi connectivity index (χ1v) is 10.6. The van der Waals surface area contributed by atoms with E-state index in [1.165, 1.54) is 24.3 Å². The van der Waals surface area contributed by atoms with E-state index in [-0.39, 0.29) is 18.4 Å². The molecule has 32 heavy (non-hydrogen) atoms. The Morgan fingerprint density at radius 3 is 2.19 bits per heavy atom. The highest BCUT2D eigenvalue weighted by molar-refractivity contribution is 7.80. The van der Waals surface area contributed by atoms with Crippen LogP contribution >= 0.6 is 12.6 Å². The van der Waals surface area contributed by atoms with Gasteiger partial charge in [-0.05, 0) is 75.2 Å². The molecule has 176 valence electrons. The number of thiol groups is 1. The summed E-state index contributed by atoms with van der Waals surface area (Å²) in [6, 6.07) is 12.0. The number of aliphatic hydroxyl groups is 2. The van der Waals surface area contributed by atoms with Crippen molar-refractivity contribution in [1.29, 1.82) is 0 Å². The molecule has 0 spiro atoms. The zero-order valence-electron chi connectivity index (χ0n) is 18.6. The number of carbonyl (C=O) groups excluding carboxylic acids is 2. The summed E-state index contributed by atoms with van der Waals surface area (Å²) in [7, 11) is 1.00. The van der Waals surface area contributed by atoms with Crippen LogP contribution in [0.3, 0.4) is 0 Å². The molecule has 1 aliphatic heterocycles. The monoisotopic (exact) mass is 465 g/mol. The lowest BCUT2D eigenvalue weighted by atomic mass is 10.1. The van der Waals surface area contributed by atoms with Crippen LogP contribution in [0.15, 0.2) is 53.4 Å². The Kier molecular flexibility index (Phi) is 11.3. The van der Waals surface area contributed by atoms with Gasteiger partial charge in [-0.3, -0.25) is 9.59 Å². The highest BCUT2D eigenvalue weighted by atomic mass is 32.1. The van der Waals surface area contributed by atoms with Gasteiger partial charge in [-0.15, -0.1) is 12.6 Å². The maximum atomic E-state index is 13.0. The lowest BCUT2D eigenvalue weighted by Crippen LogP contribution is -2.43. The maximum absolute atomic E-state index is 13.0. The third-order valence-corrected chi connectivity index (χ3v) is 4.75. The van der Waals surface area contributed by atoms with Crippen molar-refractivity contribution in [3.05, 3.63) is 59.9 Å². The standard InChI is InChI=1S/C18H17FN2O2S.C4H11NO.CH4O/c19-13-5-3-12(4-6-13)18(23)21-11-1-2-16(21)17(22)20-14-7-9-15(24)10-8-14;1-4(2,5)3-6;1-2/h3-10,16,24H,1-2,11H2,(H,20,22);6H,3,5H2,1-2H3;2H,1H3. The van der Waals surface area contributed by atoms with Crippen molar-refractivity contribution in [2.45, 2.75) is 43.2 Å². The molecule has 1 fully saturated rings. The quantitative estimate of drug-likeness (QED) is 0.445. The van der Waals surface area contributed by atoms with Gasteiger partial charge in [0.1, 0.15) is 11.9 Å². The minimum Gasteiger partial charge on any atom is -0.400 e. The minimum absolute atomic E-state index is 0.0486. The van der Waals surface area contributed by atoms with Crippen LogP contribution in [0.25, 0.3) is 0 Å². The van der Waals surface area contributed by atoms with Crippen LogP contribution in [0, 0.1) is 5.82 Å². The molecule has 9 heteroatoms. The van der Waals surface area contributed by atoms with Gasteiger partial charge in [0.15, 0.2) is 0 Å². The number of rotatable bonds is 4. The Balaban J connectivity index is 0.000000556. The number of anilines is 1. The van der Waals surface area contributed by atoms with Crippen LogP contribution < -0.4 is 11.1 Å². The number of amides is 2. The van der Waals surface area contributed by atoms with Gasteiger partial charge >= 0.3 is 0 Å². The van der Waals surface area contributed by atoms with Crippen molar-refractivity contribution >= 4 is 30.1 Å². The van der Waals surface area contributed by atoms with Gasteiger partial charge in [0.25, 0.3) is 5.91 Å². The predicted octanol–water partition coefficient (Wildman–Crippen LogP) is 2.68. The Bertz CT molecular complexity index is 855. The average Bonchev–Trinajstić information content (AvgIpc) is 3.27. The van der Waals surface area contributed by atoms with Crippen LogP contribution in [0.4, 0.5) is 10.1 Å². The summed E-state index contributed by atoms with van der Waals surface area (Å²) in [6.45, 7) is 4.11. The summed E-state index contributed by atoms with van der Waals surface area (Å²) in [5.41, 5.74) is 5.93. The number of nitrogens with one attached hydrogen (secondary N) is 1. The van der Waals surface area contributed by atoms with E-state index >= 15 is 0 Å². The first kappa shape index (κ1) is 27.6. The molecule has 1 aliphatic rings. The molecule has 1 saturated heterocycles. The Hall–Kier alpha value is -2.46. The molecule has 1 heterocycles. The molecule has 0 aliphatic carbocycles. The largest absolute Gasteiger partial charge is 0.400 e. The number of likely N-dealkylation sites (tertiary alicyclic amines) is 1. The molecule has 1 atom stereocenters. The Labute approximate surface area is 193 Å². The lowest BCUT2D eigenvalue weighted by Gasteiger charge is -2.24. The number of halogens is 1. The van der Waals surface area contributed by atoms with E-state index in [1.807, 2.05) is 0 Å². The van der Waals surface area contributed by atoms with Gasteiger partial charge in [0.2, 0.25) is 5.91 Å². The first-order chi connectivity index (χ1) is 15.1. The number of nitrogens with zero attached hydrogens (tertiary/aromatic N) is 1. The van der Waals surface area contributed by atoms with Crippen molar-refractivity contribution < 1.29 is 24.2 Å². The summed E-state index contributed by atoms with van der Waals surface area (Å²) in [5, 5.41) is 18.1. The zero-order valence-corrected chi connectivity index (χ0v) is 19.5. The number of carbonyl (C=O) groups is 2. The fourth-order valence-electron chi connectivity index (χ4n) is 2.81. The first-order valence-electron chi connectivity index (χ1n) is 10.1. The van der Waals surface area contributed by atoms with Crippen molar-refractivity contribution in [2.24, 2.45) is 5.73 Å². The van der Waals surface area contributed by atoms with Crippen molar-refractivity contribution in [3.8, 4) is 0 Å². The molecule has 5 N–H and O–H groups in total. The van der Waals surface area contributed by atoms with E-state index in [9.17, 15) is 14.0 Å².